The number of hydrogen-bond acceptors (Lipinski definition) is 6. The van der Waals surface area contributed by atoms with Gasteiger partial charge in [0.1, 0.15) is 5.82 Å². The SMILES string of the molecule is c1cnc(N2CCC(c3nccn3Cc3cscn3)CC2)nc1. The summed E-state index contributed by atoms with van der Waals surface area (Å²) in [6, 6.07) is 1.85. The minimum Gasteiger partial charge on any atom is -0.341 e. The summed E-state index contributed by atoms with van der Waals surface area (Å²) in [5, 5.41) is 2.10. The molecule has 0 amide bonds. The fourth-order valence-corrected chi connectivity index (χ4v) is 3.65. The molecule has 1 aliphatic heterocycles. The normalized spacial score (nSPS) is 15.9. The summed E-state index contributed by atoms with van der Waals surface area (Å²) >= 11 is 1.64. The summed E-state index contributed by atoms with van der Waals surface area (Å²) in [5.74, 6) is 2.49. The van der Waals surface area contributed by atoms with Crippen molar-refractivity contribution >= 4 is 17.3 Å². The van der Waals surface area contributed by atoms with Crippen molar-refractivity contribution in [3.8, 4) is 0 Å². The summed E-state index contributed by atoms with van der Waals surface area (Å²) in [6.45, 7) is 2.75. The largest absolute Gasteiger partial charge is 0.341 e. The second-order valence-electron chi connectivity index (χ2n) is 5.70. The lowest BCUT2D eigenvalue weighted by Gasteiger charge is -2.31. The highest BCUT2D eigenvalue weighted by Crippen LogP contribution is 2.28. The van der Waals surface area contributed by atoms with Crippen molar-refractivity contribution in [2.45, 2.75) is 25.3 Å². The lowest BCUT2D eigenvalue weighted by Crippen LogP contribution is -2.34. The summed E-state index contributed by atoms with van der Waals surface area (Å²) in [7, 11) is 0. The van der Waals surface area contributed by atoms with Crippen molar-refractivity contribution < 1.29 is 0 Å². The third kappa shape index (κ3) is 3.10. The van der Waals surface area contributed by atoms with Crippen molar-refractivity contribution in [3.05, 3.63) is 53.3 Å². The van der Waals surface area contributed by atoms with Crippen LogP contribution in [0.3, 0.4) is 0 Å². The second-order valence-corrected chi connectivity index (χ2v) is 6.42. The third-order valence-corrected chi connectivity index (χ3v) is 4.89. The molecule has 6 nitrogen and oxygen atoms in total. The molecule has 7 heteroatoms. The molecule has 0 aliphatic carbocycles. The van der Waals surface area contributed by atoms with Crippen LogP contribution in [0.25, 0.3) is 0 Å². The summed E-state index contributed by atoms with van der Waals surface area (Å²) in [4.78, 5) is 19.9. The van der Waals surface area contributed by atoms with Gasteiger partial charge in [-0.05, 0) is 18.9 Å². The van der Waals surface area contributed by atoms with Crippen LogP contribution < -0.4 is 4.90 Å². The summed E-state index contributed by atoms with van der Waals surface area (Å²) < 4.78 is 2.23. The van der Waals surface area contributed by atoms with Gasteiger partial charge in [-0.25, -0.2) is 19.9 Å². The first-order chi connectivity index (χ1) is 11.4. The highest BCUT2D eigenvalue weighted by molar-refractivity contribution is 7.07. The van der Waals surface area contributed by atoms with Crippen LogP contribution >= 0.6 is 11.3 Å². The molecule has 4 rings (SSSR count). The van der Waals surface area contributed by atoms with E-state index in [0.717, 1.165) is 44.1 Å². The van der Waals surface area contributed by atoms with E-state index in [-0.39, 0.29) is 0 Å². The van der Waals surface area contributed by atoms with Gasteiger partial charge in [-0.3, -0.25) is 0 Å². The zero-order chi connectivity index (χ0) is 15.5. The van der Waals surface area contributed by atoms with Gasteiger partial charge in [0.2, 0.25) is 5.95 Å². The number of nitrogens with zero attached hydrogens (tertiary/aromatic N) is 6. The number of piperidine rings is 1. The summed E-state index contributed by atoms with van der Waals surface area (Å²) in [5.41, 5.74) is 2.98. The van der Waals surface area contributed by atoms with Gasteiger partial charge in [-0.1, -0.05) is 0 Å². The quantitative estimate of drug-likeness (QED) is 0.737. The molecule has 4 heterocycles. The van der Waals surface area contributed by atoms with Crippen LogP contribution in [0.4, 0.5) is 5.95 Å². The number of imidazole rings is 1. The number of anilines is 1. The van der Waals surface area contributed by atoms with Crippen LogP contribution in [-0.2, 0) is 6.54 Å². The molecular formula is C16H18N6S. The van der Waals surface area contributed by atoms with Crippen LogP contribution in [0.1, 0.15) is 30.3 Å². The van der Waals surface area contributed by atoms with Crippen molar-refractivity contribution in [2.24, 2.45) is 0 Å². The fourth-order valence-electron chi connectivity index (χ4n) is 3.10. The van der Waals surface area contributed by atoms with E-state index in [0.29, 0.717) is 5.92 Å². The summed E-state index contributed by atoms with van der Waals surface area (Å²) in [6.07, 6.45) is 9.71. The molecule has 23 heavy (non-hydrogen) atoms. The number of aromatic nitrogens is 5. The smallest absolute Gasteiger partial charge is 0.225 e. The minimum absolute atomic E-state index is 0.489. The van der Waals surface area contributed by atoms with Crippen molar-refractivity contribution in [1.82, 2.24) is 24.5 Å². The van der Waals surface area contributed by atoms with E-state index in [9.17, 15) is 0 Å². The second kappa shape index (κ2) is 6.45. The lowest BCUT2D eigenvalue weighted by molar-refractivity contribution is 0.465. The van der Waals surface area contributed by atoms with E-state index >= 15 is 0 Å². The molecule has 0 unspecified atom stereocenters. The van der Waals surface area contributed by atoms with Crippen LogP contribution in [-0.4, -0.2) is 37.6 Å². The van der Waals surface area contributed by atoms with Crippen LogP contribution in [0.15, 0.2) is 41.7 Å². The predicted molar refractivity (Wildman–Crippen MR) is 89.7 cm³/mol. The molecule has 0 atom stereocenters. The first kappa shape index (κ1) is 14.3. The van der Waals surface area contributed by atoms with Gasteiger partial charge in [-0.15, -0.1) is 11.3 Å². The Kier molecular flexibility index (Phi) is 4.02. The van der Waals surface area contributed by atoms with Crippen LogP contribution in [0.2, 0.25) is 0 Å². The Labute approximate surface area is 138 Å². The van der Waals surface area contributed by atoms with Crippen LogP contribution in [0, 0.1) is 0 Å². The van der Waals surface area contributed by atoms with E-state index in [1.54, 1.807) is 23.7 Å². The van der Waals surface area contributed by atoms with E-state index in [2.05, 4.69) is 41.0 Å². The lowest BCUT2D eigenvalue weighted by atomic mass is 9.96. The molecule has 1 aliphatic rings. The Morgan fingerprint density at radius 2 is 1.87 bits per heavy atom. The van der Waals surface area contributed by atoms with Gasteiger partial charge < -0.3 is 9.47 Å². The highest BCUT2D eigenvalue weighted by atomic mass is 32.1. The molecule has 0 radical (unpaired) electrons. The topological polar surface area (TPSA) is 59.7 Å². The monoisotopic (exact) mass is 326 g/mol. The number of rotatable bonds is 4. The highest BCUT2D eigenvalue weighted by Gasteiger charge is 2.25. The van der Waals surface area contributed by atoms with Gasteiger partial charge in [0.05, 0.1) is 17.7 Å². The molecule has 0 spiro atoms. The average molecular weight is 326 g/mol. The Morgan fingerprint density at radius 1 is 1.04 bits per heavy atom. The van der Waals surface area contributed by atoms with E-state index in [1.807, 2.05) is 17.8 Å². The van der Waals surface area contributed by atoms with Gasteiger partial charge >= 0.3 is 0 Å². The maximum Gasteiger partial charge on any atom is 0.225 e. The van der Waals surface area contributed by atoms with Crippen LogP contribution in [0.5, 0.6) is 0 Å². The first-order valence-electron chi connectivity index (χ1n) is 7.80. The molecule has 3 aromatic heterocycles. The van der Waals surface area contributed by atoms with E-state index in [1.165, 1.54) is 5.82 Å². The van der Waals surface area contributed by atoms with Crippen molar-refractivity contribution in [2.75, 3.05) is 18.0 Å². The van der Waals surface area contributed by atoms with E-state index in [4.69, 9.17) is 0 Å². The molecule has 3 aromatic rings. The number of thiazole rings is 1. The predicted octanol–water partition coefficient (Wildman–Crippen LogP) is 2.56. The molecule has 0 N–H and O–H groups in total. The zero-order valence-corrected chi connectivity index (χ0v) is 13.6. The molecular weight excluding hydrogens is 308 g/mol. The van der Waals surface area contributed by atoms with Gasteiger partial charge in [0, 0.05) is 49.2 Å². The molecule has 1 saturated heterocycles. The fraction of sp³-hybridized carbons (Fsp3) is 0.375. The van der Waals surface area contributed by atoms with Gasteiger partial charge in [-0.2, -0.15) is 0 Å². The number of hydrogen-bond donors (Lipinski definition) is 0. The Balaban J connectivity index is 1.44. The Morgan fingerprint density at radius 3 is 2.61 bits per heavy atom. The molecule has 0 aromatic carbocycles. The maximum absolute atomic E-state index is 4.61. The average Bonchev–Trinajstić information content (AvgIpc) is 3.28. The van der Waals surface area contributed by atoms with Gasteiger partial charge in [0.15, 0.2) is 0 Å². The maximum atomic E-state index is 4.61. The Hall–Kier alpha value is -2.28. The molecule has 0 bridgehead atoms. The zero-order valence-electron chi connectivity index (χ0n) is 12.7. The van der Waals surface area contributed by atoms with Gasteiger partial charge in [0.25, 0.3) is 0 Å². The Bertz CT molecular complexity index is 731. The van der Waals surface area contributed by atoms with Crippen molar-refractivity contribution in [3.63, 3.8) is 0 Å². The first-order valence-corrected chi connectivity index (χ1v) is 8.74. The molecule has 1 fully saturated rings. The minimum atomic E-state index is 0.489. The van der Waals surface area contributed by atoms with Crippen molar-refractivity contribution in [1.29, 1.82) is 0 Å². The molecule has 118 valence electrons. The standard InChI is InChI=1S/C16H18N6S/c1-4-18-16(19-5-1)21-7-2-13(3-8-21)15-17-6-9-22(15)10-14-11-23-12-20-14/h1,4-6,9,11-13H,2-3,7-8,10H2. The van der Waals surface area contributed by atoms with E-state index < -0.39 is 0 Å². The third-order valence-electron chi connectivity index (χ3n) is 4.26. The molecule has 0 saturated carbocycles.